The number of carbonyl (C=O) groups is 2. The number of ether oxygens (including phenoxy) is 3. The van der Waals surface area contributed by atoms with Gasteiger partial charge >= 0.3 is 5.97 Å². The Bertz CT molecular complexity index is 985. The van der Waals surface area contributed by atoms with Crippen molar-refractivity contribution in [3.05, 3.63) is 63.7 Å². The Kier molecular flexibility index (Phi) is 6.08. The molecule has 1 N–H and O–H groups in total. The van der Waals surface area contributed by atoms with E-state index in [2.05, 4.69) is 5.32 Å². The van der Waals surface area contributed by atoms with Gasteiger partial charge in [-0.1, -0.05) is 19.1 Å². The van der Waals surface area contributed by atoms with E-state index in [0.29, 0.717) is 11.4 Å². The maximum Gasteiger partial charge on any atom is 0.331 e. The molecule has 3 rings (SSSR count). The van der Waals surface area contributed by atoms with Crippen molar-refractivity contribution in [2.24, 2.45) is 0 Å². The highest BCUT2D eigenvalue weighted by atomic mass is 16.7. The quantitative estimate of drug-likeness (QED) is 0.330. The molecule has 1 aliphatic rings. The Morgan fingerprint density at radius 3 is 2.72 bits per heavy atom. The molecule has 1 heterocycles. The number of benzene rings is 2. The van der Waals surface area contributed by atoms with Crippen molar-refractivity contribution < 1.29 is 28.7 Å². The molecule has 1 aliphatic heterocycles. The molecule has 0 unspecified atom stereocenters. The normalized spacial score (nSPS) is 12.0. The molecule has 9 heteroatoms. The standard InChI is InChI=1S/C20H18N2O7/c1-2-13-4-3-5-15(8-13)21-19(23)11-27-20(24)7-6-14-9-17-18(29-12-28-17)10-16(14)22(25)26/h3-10H,2,11-12H2,1H3,(H,21,23)/b7-6+. The number of esters is 1. The average Bonchev–Trinajstić information content (AvgIpc) is 3.17. The molecule has 0 bridgehead atoms. The Morgan fingerprint density at radius 1 is 1.24 bits per heavy atom. The summed E-state index contributed by atoms with van der Waals surface area (Å²) in [4.78, 5) is 34.4. The molecule has 2 aromatic rings. The summed E-state index contributed by atoms with van der Waals surface area (Å²) in [7, 11) is 0. The molecule has 0 radical (unpaired) electrons. The second-order valence-corrected chi connectivity index (χ2v) is 6.06. The predicted octanol–water partition coefficient (Wildman–Crippen LogP) is 3.08. The summed E-state index contributed by atoms with van der Waals surface area (Å²) >= 11 is 0. The first-order chi connectivity index (χ1) is 14.0. The second-order valence-electron chi connectivity index (χ2n) is 6.06. The summed E-state index contributed by atoms with van der Waals surface area (Å²) in [5, 5.41) is 13.8. The van der Waals surface area contributed by atoms with Gasteiger partial charge in [0.2, 0.25) is 6.79 Å². The third-order valence-electron chi connectivity index (χ3n) is 4.08. The molecular formula is C20H18N2O7. The number of nitro groups is 1. The molecule has 0 spiro atoms. The number of nitrogens with zero attached hydrogens (tertiary/aromatic N) is 1. The van der Waals surface area contributed by atoms with Crippen molar-refractivity contribution in [3.8, 4) is 11.5 Å². The van der Waals surface area contributed by atoms with Crippen LogP contribution in [0.2, 0.25) is 0 Å². The average molecular weight is 398 g/mol. The largest absolute Gasteiger partial charge is 0.454 e. The van der Waals surface area contributed by atoms with Gasteiger partial charge in [-0.05, 0) is 36.3 Å². The van der Waals surface area contributed by atoms with Gasteiger partial charge in [-0.2, -0.15) is 0 Å². The van der Waals surface area contributed by atoms with Crippen LogP contribution < -0.4 is 14.8 Å². The molecule has 0 fully saturated rings. The van der Waals surface area contributed by atoms with E-state index in [4.69, 9.17) is 14.2 Å². The van der Waals surface area contributed by atoms with Crippen LogP contribution in [0.4, 0.5) is 11.4 Å². The number of nitrogens with one attached hydrogen (secondary N) is 1. The third-order valence-corrected chi connectivity index (χ3v) is 4.08. The molecule has 1 amide bonds. The Hall–Kier alpha value is -3.88. The van der Waals surface area contributed by atoms with Crippen LogP contribution in [0.3, 0.4) is 0 Å². The zero-order chi connectivity index (χ0) is 20.8. The highest BCUT2D eigenvalue weighted by molar-refractivity contribution is 5.95. The number of hydrogen-bond acceptors (Lipinski definition) is 7. The number of carbonyl (C=O) groups excluding carboxylic acids is 2. The van der Waals surface area contributed by atoms with Crippen LogP contribution in [0.1, 0.15) is 18.1 Å². The number of aryl methyl sites for hydroxylation is 1. The van der Waals surface area contributed by atoms with Gasteiger partial charge < -0.3 is 19.5 Å². The van der Waals surface area contributed by atoms with E-state index in [0.717, 1.165) is 18.1 Å². The number of rotatable bonds is 7. The molecule has 2 aromatic carbocycles. The zero-order valence-corrected chi connectivity index (χ0v) is 15.5. The van der Waals surface area contributed by atoms with Crippen LogP contribution in [0.15, 0.2) is 42.5 Å². The minimum Gasteiger partial charge on any atom is -0.454 e. The van der Waals surface area contributed by atoms with Crippen molar-refractivity contribution in [2.75, 3.05) is 18.7 Å². The van der Waals surface area contributed by atoms with Gasteiger partial charge in [-0.3, -0.25) is 14.9 Å². The molecule has 29 heavy (non-hydrogen) atoms. The summed E-state index contributed by atoms with van der Waals surface area (Å²) in [6, 6.07) is 9.95. The van der Waals surface area contributed by atoms with Gasteiger partial charge in [0, 0.05) is 11.8 Å². The van der Waals surface area contributed by atoms with Crippen LogP contribution in [0.5, 0.6) is 11.5 Å². The SMILES string of the molecule is CCc1cccc(NC(=O)COC(=O)/C=C/c2cc3c(cc2[N+](=O)[O-])OCO3)c1. The highest BCUT2D eigenvalue weighted by Crippen LogP contribution is 2.38. The van der Waals surface area contributed by atoms with Gasteiger partial charge in [0.05, 0.1) is 16.6 Å². The van der Waals surface area contributed by atoms with Crippen molar-refractivity contribution in [3.63, 3.8) is 0 Å². The summed E-state index contributed by atoms with van der Waals surface area (Å²) in [6.45, 7) is 1.49. The second kappa shape index (κ2) is 8.87. The van der Waals surface area contributed by atoms with E-state index in [-0.39, 0.29) is 23.8 Å². The molecule has 0 aromatic heterocycles. The molecule has 150 valence electrons. The number of nitro benzene ring substituents is 1. The minimum absolute atomic E-state index is 0.0298. The fourth-order valence-corrected chi connectivity index (χ4v) is 2.65. The number of hydrogen-bond donors (Lipinski definition) is 1. The number of anilines is 1. The lowest BCUT2D eigenvalue weighted by molar-refractivity contribution is -0.385. The van der Waals surface area contributed by atoms with Crippen LogP contribution in [-0.2, 0) is 20.7 Å². The molecular weight excluding hydrogens is 380 g/mol. The van der Waals surface area contributed by atoms with Gasteiger partial charge in [0.25, 0.3) is 11.6 Å². The summed E-state index contributed by atoms with van der Waals surface area (Å²) in [5.74, 6) is -0.693. The van der Waals surface area contributed by atoms with E-state index >= 15 is 0 Å². The lowest BCUT2D eigenvalue weighted by Crippen LogP contribution is -2.20. The van der Waals surface area contributed by atoms with Crippen LogP contribution >= 0.6 is 0 Å². The summed E-state index contributed by atoms with van der Waals surface area (Å²) in [6.07, 6.45) is 3.07. The summed E-state index contributed by atoms with van der Waals surface area (Å²) in [5.41, 5.74) is 1.58. The maximum absolute atomic E-state index is 11.9. The van der Waals surface area contributed by atoms with Crippen LogP contribution in [0.25, 0.3) is 6.08 Å². The minimum atomic E-state index is -0.811. The van der Waals surface area contributed by atoms with E-state index < -0.39 is 23.4 Å². The van der Waals surface area contributed by atoms with Crippen molar-refractivity contribution in [1.29, 1.82) is 0 Å². The smallest absolute Gasteiger partial charge is 0.331 e. The monoisotopic (exact) mass is 398 g/mol. The molecule has 0 aliphatic carbocycles. The fraction of sp³-hybridized carbons (Fsp3) is 0.200. The van der Waals surface area contributed by atoms with E-state index in [1.54, 1.807) is 6.07 Å². The van der Waals surface area contributed by atoms with E-state index in [1.807, 2.05) is 25.1 Å². The first-order valence-corrected chi connectivity index (χ1v) is 8.78. The topological polar surface area (TPSA) is 117 Å². The van der Waals surface area contributed by atoms with E-state index in [1.165, 1.54) is 18.2 Å². The van der Waals surface area contributed by atoms with Crippen molar-refractivity contribution >= 4 is 29.3 Å². The predicted molar refractivity (Wildman–Crippen MR) is 104 cm³/mol. The molecule has 9 nitrogen and oxygen atoms in total. The van der Waals surface area contributed by atoms with Crippen LogP contribution in [0, 0.1) is 10.1 Å². The zero-order valence-electron chi connectivity index (χ0n) is 15.5. The maximum atomic E-state index is 11.9. The molecule has 0 saturated heterocycles. The first kappa shape index (κ1) is 19.9. The van der Waals surface area contributed by atoms with Crippen LogP contribution in [-0.4, -0.2) is 30.2 Å². The Morgan fingerprint density at radius 2 is 2.00 bits per heavy atom. The van der Waals surface area contributed by atoms with Gasteiger partial charge in [-0.25, -0.2) is 4.79 Å². The van der Waals surface area contributed by atoms with E-state index in [9.17, 15) is 19.7 Å². The Balaban J connectivity index is 1.58. The number of amides is 1. The van der Waals surface area contributed by atoms with Gasteiger partial charge in [-0.15, -0.1) is 0 Å². The summed E-state index contributed by atoms with van der Waals surface area (Å²) < 4.78 is 15.2. The van der Waals surface area contributed by atoms with Gasteiger partial charge in [0.15, 0.2) is 18.1 Å². The van der Waals surface area contributed by atoms with Crippen molar-refractivity contribution in [2.45, 2.75) is 13.3 Å². The lowest BCUT2D eigenvalue weighted by atomic mass is 10.1. The Labute approximate surface area is 166 Å². The number of fused-ring (bicyclic) bond motifs is 1. The third kappa shape index (κ3) is 5.10. The molecule has 0 saturated carbocycles. The lowest BCUT2D eigenvalue weighted by Gasteiger charge is -2.06. The van der Waals surface area contributed by atoms with Gasteiger partial charge in [0.1, 0.15) is 0 Å². The van der Waals surface area contributed by atoms with Crippen molar-refractivity contribution in [1.82, 2.24) is 0 Å². The first-order valence-electron chi connectivity index (χ1n) is 8.78. The fourth-order valence-electron chi connectivity index (χ4n) is 2.65. The highest BCUT2D eigenvalue weighted by Gasteiger charge is 2.22. The molecule has 0 atom stereocenters.